The molecule has 2 saturated heterocycles. The van der Waals surface area contributed by atoms with E-state index in [9.17, 15) is 4.79 Å². The van der Waals surface area contributed by atoms with Crippen molar-refractivity contribution in [2.24, 2.45) is 10.8 Å². The van der Waals surface area contributed by atoms with Gasteiger partial charge in [0.05, 0.1) is 19.7 Å². The second kappa shape index (κ2) is 14.2. The van der Waals surface area contributed by atoms with E-state index in [0.717, 1.165) is 83.0 Å². The summed E-state index contributed by atoms with van der Waals surface area (Å²) >= 11 is 0. The summed E-state index contributed by atoms with van der Waals surface area (Å²) in [6.45, 7) is 16.9. The van der Waals surface area contributed by atoms with Gasteiger partial charge in [0.25, 0.3) is 0 Å². The lowest BCUT2D eigenvalue weighted by Gasteiger charge is -2.41. The number of aromatic nitrogens is 4. The number of carbonyl (C=O) groups excluding carboxylic acids is 1. The van der Waals surface area contributed by atoms with Crippen molar-refractivity contribution in [3.05, 3.63) is 71.8 Å². The average molecular weight is 590 g/mol. The minimum atomic E-state index is -0.164. The molecular formula is C34H51N7O2. The number of H-pyrrole nitrogens is 2. The minimum absolute atomic E-state index is 0.0365. The van der Waals surface area contributed by atoms with E-state index in [4.69, 9.17) is 4.74 Å². The highest BCUT2D eigenvalue weighted by Gasteiger charge is 2.48. The molecule has 2 N–H and O–H groups in total. The van der Waals surface area contributed by atoms with E-state index in [0.29, 0.717) is 25.1 Å². The number of likely N-dealkylation sites (tertiary alicyclic amines) is 2. The third kappa shape index (κ3) is 9.00. The first-order chi connectivity index (χ1) is 20.7. The lowest BCUT2D eigenvalue weighted by molar-refractivity contribution is -0.149. The molecule has 234 valence electrons. The fourth-order valence-corrected chi connectivity index (χ4v) is 6.78. The van der Waals surface area contributed by atoms with Gasteiger partial charge in [-0.25, -0.2) is 9.97 Å². The number of carbonyl (C=O) groups is 1. The fourth-order valence-electron chi connectivity index (χ4n) is 6.78. The summed E-state index contributed by atoms with van der Waals surface area (Å²) < 4.78 is 5.79. The van der Waals surface area contributed by atoms with Gasteiger partial charge in [-0.3, -0.25) is 14.6 Å². The predicted octanol–water partition coefficient (Wildman–Crippen LogP) is 5.38. The van der Waals surface area contributed by atoms with Crippen molar-refractivity contribution in [2.45, 2.75) is 92.0 Å². The van der Waals surface area contributed by atoms with Gasteiger partial charge in [0.1, 0.15) is 17.7 Å². The number of nitrogens with one attached hydrogen (secondary N) is 2. The molecule has 1 aromatic carbocycles. The largest absolute Gasteiger partial charge is 0.465 e. The van der Waals surface area contributed by atoms with Crippen molar-refractivity contribution in [2.75, 3.05) is 32.8 Å². The third-order valence-corrected chi connectivity index (χ3v) is 8.91. The molecule has 1 atom stereocenters. The number of nitrogens with zero attached hydrogens (tertiary/aromatic N) is 5. The molecule has 9 heteroatoms. The normalized spacial score (nSPS) is 19.4. The van der Waals surface area contributed by atoms with Crippen molar-refractivity contribution < 1.29 is 9.53 Å². The Kier molecular flexibility index (Phi) is 10.4. The van der Waals surface area contributed by atoms with E-state index >= 15 is 0 Å². The molecule has 0 unspecified atom stereocenters. The van der Waals surface area contributed by atoms with Crippen LogP contribution in [0.3, 0.4) is 0 Å². The average Bonchev–Trinajstić information content (AvgIpc) is 3.74. The van der Waals surface area contributed by atoms with Gasteiger partial charge < -0.3 is 19.6 Å². The first-order valence-electron chi connectivity index (χ1n) is 16.1. The number of benzene rings is 1. The van der Waals surface area contributed by atoms with Gasteiger partial charge in [-0.15, -0.1) is 0 Å². The van der Waals surface area contributed by atoms with E-state index in [2.05, 4.69) is 86.6 Å². The van der Waals surface area contributed by atoms with E-state index in [1.165, 1.54) is 11.1 Å². The Bertz CT molecular complexity index is 1210. The summed E-state index contributed by atoms with van der Waals surface area (Å²) in [7, 11) is 0. The zero-order chi connectivity index (χ0) is 30.3. The molecule has 5 rings (SSSR count). The van der Waals surface area contributed by atoms with E-state index in [-0.39, 0.29) is 17.4 Å². The monoisotopic (exact) mass is 589 g/mol. The number of hydrogen-bond acceptors (Lipinski definition) is 7. The Morgan fingerprint density at radius 3 is 2.19 bits per heavy atom. The number of esters is 1. The Morgan fingerprint density at radius 2 is 1.63 bits per heavy atom. The van der Waals surface area contributed by atoms with Crippen LogP contribution < -0.4 is 0 Å². The predicted molar refractivity (Wildman–Crippen MR) is 169 cm³/mol. The quantitative estimate of drug-likeness (QED) is 0.204. The SMILES string of the molecule is CCCCOC(=O)[C@@H]1CC2(CCN(CC(C)(C)C)CC2)CN1Cc1ccc(CN(Cc2ncc[nH]2)Cc2ncc[nH]2)cc1. The van der Waals surface area contributed by atoms with Gasteiger partial charge in [-0.1, -0.05) is 58.4 Å². The smallest absolute Gasteiger partial charge is 0.323 e. The highest BCUT2D eigenvalue weighted by molar-refractivity contribution is 5.76. The number of ether oxygens (including phenoxy) is 1. The number of unbranched alkanes of at least 4 members (excludes halogenated alkanes) is 1. The molecule has 0 aliphatic carbocycles. The molecule has 2 aromatic heterocycles. The fraction of sp³-hybridized carbons (Fsp3) is 0.618. The van der Waals surface area contributed by atoms with Crippen LogP contribution in [0, 0.1) is 10.8 Å². The maximum atomic E-state index is 13.3. The van der Waals surface area contributed by atoms with E-state index in [1.807, 2.05) is 12.4 Å². The van der Waals surface area contributed by atoms with Crippen molar-refractivity contribution in [3.63, 3.8) is 0 Å². The molecule has 2 aliphatic heterocycles. The molecule has 4 heterocycles. The van der Waals surface area contributed by atoms with Crippen molar-refractivity contribution in [1.29, 1.82) is 0 Å². The molecule has 3 aromatic rings. The van der Waals surface area contributed by atoms with Gasteiger partial charge >= 0.3 is 5.97 Å². The molecule has 0 radical (unpaired) electrons. The maximum absolute atomic E-state index is 13.3. The Hall–Kier alpha value is -3.01. The van der Waals surface area contributed by atoms with Crippen LogP contribution in [0.15, 0.2) is 49.1 Å². The second-order valence-electron chi connectivity index (χ2n) is 14.0. The number of imidazole rings is 2. The van der Waals surface area contributed by atoms with Gasteiger partial charge in [-0.05, 0) is 60.7 Å². The van der Waals surface area contributed by atoms with E-state index in [1.54, 1.807) is 12.4 Å². The molecular weight excluding hydrogens is 538 g/mol. The third-order valence-electron chi connectivity index (χ3n) is 8.91. The summed E-state index contributed by atoms with van der Waals surface area (Å²) in [4.78, 5) is 36.0. The summed E-state index contributed by atoms with van der Waals surface area (Å²) in [5, 5.41) is 0. The number of rotatable bonds is 13. The summed E-state index contributed by atoms with van der Waals surface area (Å²) in [6, 6.07) is 8.73. The lowest BCUT2D eigenvalue weighted by Crippen LogP contribution is -2.44. The van der Waals surface area contributed by atoms with Crippen LogP contribution in [0.1, 0.15) is 82.6 Å². The molecule has 2 fully saturated rings. The Labute approximate surface area is 257 Å². The molecule has 9 nitrogen and oxygen atoms in total. The van der Waals surface area contributed by atoms with Crippen LogP contribution in [0.2, 0.25) is 0 Å². The van der Waals surface area contributed by atoms with Crippen LogP contribution in [-0.2, 0) is 35.7 Å². The molecule has 2 aliphatic rings. The first kappa shape index (κ1) is 31.4. The van der Waals surface area contributed by atoms with Crippen molar-refractivity contribution in [3.8, 4) is 0 Å². The zero-order valence-electron chi connectivity index (χ0n) is 26.6. The van der Waals surface area contributed by atoms with Crippen molar-refractivity contribution >= 4 is 5.97 Å². The Balaban J connectivity index is 1.24. The summed E-state index contributed by atoms with van der Waals surface area (Å²) in [6.07, 6.45) is 12.5. The maximum Gasteiger partial charge on any atom is 0.323 e. The van der Waals surface area contributed by atoms with Crippen molar-refractivity contribution in [1.82, 2.24) is 34.6 Å². The van der Waals surface area contributed by atoms with Crippen LogP contribution in [0.4, 0.5) is 0 Å². The number of aromatic amines is 2. The van der Waals surface area contributed by atoms with Crippen LogP contribution >= 0.6 is 0 Å². The highest BCUT2D eigenvalue weighted by Crippen LogP contribution is 2.44. The molecule has 0 bridgehead atoms. The summed E-state index contributed by atoms with van der Waals surface area (Å²) in [5.41, 5.74) is 2.97. The topological polar surface area (TPSA) is 93.4 Å². The number of piperidine rings is 1. The number of hydrogen-bond donors (Lipinski definition) is 2. The first-order valence-corrected chi connectivity index (χ1v) is 16.1. The van der Waals surface area contributed by atoms with E-state index < -0.39 is 0 Å². The lowest BCUT2D eigenvalue weighted by atomic mass is 9.76. The van der Waals surface area contributed by atoms with Gasteiger partial charge in [0.2, 0.25) is 0 Å². The van der Waals surface area contributed by atoms with Gasteiger partial charge in [-0.2, -0.15) is 0 Å². The highest BCUT2D eigenvalue weighted by atomic mass is 16.5. The van der Waals surface area contributed by atoms with Crippen LogP contribution in [0.5, 0.6) is 0 Å². The second-order valence-corrected chi connectivity index (χ2v) is 14.0. The molecule has 0 amide bonds. The standard InChI is InChI=1S/C34H51N7O2/c1-5-6-19-43-32(42)29-20-34(11-17-39(18-12-34)25-33(2,3)4)26-41(29)22-28-9-7-27(8-10-28)21-40(23-30-35-13-14-36-30)24-31-37-15-16-38-31/h7-10,13-16,29H,5-6,11-12,17-26H2,1-4H3,(H,35,36)(H,37,38)/t29-/m0/s1. The van der Waals surface area contributed by atoms with Crippen LogP contribution in [-0.4, -0.2) is 79.4 Å². The van der Waals surface area contributed by atoms with Crippen LogP contribution in [0.25, 0.3) is 0 Å². The molecule has 0 saturated carbocycles. The summed E-state index contributed by atoms with van der Waals surface area (Å²) in [5.74, 6) is 1.84. The Morgan fingerprint density at radius 1 is 1.00 bits per heavy atom. The minimum Gasteiger partial charge on any atom is -0.465 e. The van der Waals surface area contributed by atoms with Gasteiger partial charge in [0.15, 0.2) is 0 Å². The molecule has 1 spiro atoms. The molecule has 43 heavy (non-hydrogen) atoms. The zero-order valence-corrected chi connectivity index (χ0v) is 26.6. The van der Waals surface area contributed by atoms with Gasteiger partial charge in [0, 0.05) is 51.0 Å².